The SMILES string of the molecule is Clc1ccc([C@@H]2Nc3c(Br)cccc3[C@@H]3C=CC[C@H]32)cc1Cl. The molecule has 22 heavy (non-hydrogen) atoms. The Labute approximate surface area is 148 Å². The largest absolute Gasteiger partial charge is 0.377 e. The first-order chi connectivity index (χ1) is 10.6. The van der Waals surface area contributed by atoms with Gasteiger partial charge < -0.3 is 5.32 Å². The van der Waals surface area contributed by atoms with Crippen molar-refractivity contribution in [3.05, 3.63) is 74.2 Å². The monoisotopic (exact) mass is 393 g/mol. The average Bonchev–Trinajstić information content (AvgIpc) is 3.00. The van der Waals surface area contributed by atoms with Crippen LogP contribution >= 0.6 is 39.1 Å². The Bertz CT molecular complexity index is 772. The maximum Gasteiger partial charge on any atom is 0.0595 e. The van der Waals surface area contributed by atoms with Gasteiger partial charge in [-0.2, -0.15) is 0 Å². The molecule has 1 aliphatic heterocycles. The number of allylic oxidation sites excluding steroid dienone is 2. The van der Waals surface area contributed by atoms with Crippen molar-refractivity contribution in [3.8, 4) is 0 Å². The number of halogens is 3. The highest BCUT2D eigenvalue weighted by molar-refractivity contribution is 9.10. The summed E-state index contributed by atoms with van der Waals surface area (Å²) in [5.41, 5.74) is 3.74. The van der Waals surface area contributed by atoms with E-state index < -0.39 is 0 Å². The fourth-order valence-electron chi connectivity index (χ4n) is 3.62. The fraction of sp³-hybridized carbons (Fsp3) is 0.222. The lowest BCUT2D eigenvalue weighted by Crippen LogP contribution is -2.29. The molecule has 0 bridgehead atoms. The van der Waals surface area contributed by atoms with Crippen LogP contribution in [0.1, 0.15) is 29.5 Å². The van der Waals surface area contributed by atoms with Gasteiger partial charge in [-0.3, -0.25) is 0 Å². The van der Waals surface area contributed by atoms with Crippen LogP contribution in [0.15, 0.2) is 53.0 Å². The molecule has 0 fully saturated rings. The molecule has 0 spiro atoms. The second-order valence-corrected chi connectivity index (χ2v) is 7.52. The number of benzene rings is 2. The van der Waals surface area contributed by atoms with Crippen molar-refractivity contribution in [2.75, 3.05) is 5.32 Å². The van der Waals surface area contributed by atoms with Gasteiger partial charge in [0.05, 0.1) is 21.8 Å². The molecule has 1 N–H and O–H groups in total. The highest BCUT2D eigenvalue weighted by atomic mass is 79.9. The van der Waals surface area contributed by atoms with Gasteiger partial charge in [-0.05, 0) is 57.6 Å². The third-order valence-electron chi connectivity index (χ3n) is 4.65. The standard InChI is InChI=1S/C18H14BrCl2N/c19-14-6-2-5-13-11-3-1-4-12(11)17(22-18(13)14)10-7-8-15(20)16(21)9-10/h1-3,5-9,11-12,17,22H,4H2/t11-,12-,17+/m1/s1. The lowest BCUT2D eigenvalue weighted by Gasteiger charge is -2.38. The zero-order chi connectivity index (χ0) is 15.3. The Morgan fingerprint density at radius 3 is 2.77 bits per heavy atom. The highest BCUT2D eigenvalue weighted by Gasteiger charge is 2.38. The van der Waals surface area contributed by atoms with Crippen LogP contribution in [0.4, 0.5) is 5.69 Å². The second-order valence-electron chi connectivity index (χ2n) is 5.85. The van der Waals surface area contributed by atoms with E-state index in [1.54, 1.807) is 0 Å². The van der Waals surface area contributed by atoms with Gasteiger partial charge in [-0.15, -0.1) is 0 Å². The van der Waals surface area contributed by atoms with Crippen molar-refractivity contribution in [2.45, 2.75) is 18.4 Å². The molecule has 3 atom stereocenters. The Morgan fingerprint density at radius 1 is 1.09 bits per heavy atom. The summed E-state index contributed by atoms with van der Waals surface area (Å²) in [5.74, 6) is 0.965. The van der Waals surface area contributed by atoms with Crippen LogP contribution < -0.4 is 5.32 Å². The molecule has 2 aromatic rings. The smallest absolute Gasteiger partial charge is 0.0595 e. The number of anilines is 1. The van der Waals surface area contributed by atoms with Gasteiger partial charge in [0.1, 0.15) is 0 Å². The lowest BCUT2D eigenvalue weighted by atomic mass is 9.77. The van der Waals surface area contributed by atoms with Gasteiger partial charge in [-0.25, -0.2) is 0 Å². The van der Waals surface area contributed by atoms with E-state index >= 15 is 0 Å². The zero-order valence-electron chi connectivity index (χ0n) is 11.7. The third kappa shape index (κ3) is 2.29. The Morgan fingerprint density at radius 2 is 1.95 bits per heavy atom. The number of rotatable bonds is 1. The minimum absolute atomic E-state index is 0.237. The predicted octanol–water partition coefficient (Wildman–Crippen LogP) is 6.58. The molecule has 1 heterocycles. The van der Waals surface area contributed by atoms with Crippen molar-refractivity contribution in [1.82, 2.24) is 0 Å². The van der Waals surface area contributed by atoms with E-state index in [2.05, 4.69) is 57.7 Å². The molecule has 0 aromatic heterocycles. The first-order valence-electron chi connectivity index (χ1n) is 7.31. The van der Waals surface area contributed by atoms with Crippen LogP contribution in [0.2, 0.25) is 10.0 Å². The molecule has 2 aromatic carbocycles. The Hall–Kier alpha value is -0.960. The van der Waals surface area contributed by atoms with Gasteiger partial charge in [-0.1, -0.05) is 53.6 Å². The number of nitrogens with one attached hydrogen (secondary N) is 1. The number of para-hydroxylation sites is 1. The van der Waals surface area contributed by atoms with E-state index in [1.807, 2.05) is 12.1 Å². The van der Waals surface area contributed by atoms with Crippen molar-refractivity contribution in [1.29, 1.82) is 0 Å². The quantitative estimate of drug-likeness (QED) is 0.538. The molecule has 1 aliphatic carbocycles. The fourth-order valence-corrected chi connectivity index (χ4v) is 4.42. The lowest BCUT2D eigenvalue weighted by molar-refractivity contribution is 0.425. The van der Waals surface area contributed by atoms with Crippen LogP contribution in [0, 0.1) is 5.92 Å². The molecule has 4 rings (SSSR count). The van der Waals surface area contributed by atoms with Crippen LogP contribution in [-0.4, -0.2) is 0 Å². The van der Waals surface area contributed by atoms with Gasteiger partial charge in [0.15, 0.2) is 0 Å². The maximum atomic E-state index is 6.22. The number of fused-ring (bicyclic) bond motifs is 3. The summed E-state index contributed by atoms with van der Waals surface area (Å²) in [7, 11) is 0. The molecule has 4 heteroatoms. The predicted molar refractivity (Wildman–Crippen MR) is 97.0 cm³/mol. The summed E-state index contributed by atoms with van der Waals surface area (Å²) in [4.78, 5) is 0. The Kier molecular flexibility index (Phi) is 3.72. The molecule has 1 nitrogen and oxygen atoms in total. The molecular weight excluding hydrogens is 381 g/mol. The summed E-state index contributed by atoms with van der Waals surface area (Å²) in [6, 6.07) is 12.6. The maximum absolute atomic E-state index is 6.22. The minimum atomic E-state index is 0.237. The average molecular weight is 395 g/mol. The molecule has 0 saturated heterocycles. The van der Waals surface area contributed by atoms with Crippen molar-refractivity contribution in [3.63, 3.8) is 0 Å². The summed E-state index contributed by atoms with van der Waals surface area (Å²) in [6.45, 7) is 0. The number of hydrogen-bond donors (Lipinski definition) is 1. The van der Waals surface area contributed by atoms with Gasteiger partial charge >= 0.3 is 0 Å². The molecule has 2 aliphatic rings. The van der Waals surface area contributed by atoms with Crippen molar-refractivity contribution < 1.29 is 0 Å². The first kappa shape index (κ1) is 14.6. The molecule has 0 unspecified atom stereocenters. The van der Waals surface area contributed by atoms with Crippen molar-refractivity contribution in [2.24, 2.45) is 5.92 Å². The van der Waals surface area contributed by atoms with E-state index in [1.165, 1.54) is 16.8 Å². The topological polar surface area (TPSA) is 12.0 Å². The van der Waals surface area contributed by atoms with E-state index in [-0.39, 0.29) is 6.04 Å². The third-order valence-corrected chi connectivity index (χ3v) is 6.05. The van der Waals surface area contributed by atoms with E-state index in [9.17, 15) is 0 Å². The van der Waals surface area contributed by atoms with Gasteiger partial charge in [0.2, 0.25) is 0 Å². The Balaban J connectivity index is 1.82. The first-order valence-corrected chi connectivity index (χ1v) is 8.86. The summed E-state index contributed by atoms with van der Waals surface area (Å²) >= 11 is 16.0. The normalized spacial score (nSPS) is 25.5. The second kappa shape index (κ2) is 5.59. The van der Waals surface area contributed by atoms with Crippen LogP contribution in [0.5, 0.6) is 0 Å². The molecule has 0 saturated carbocycles. The van der Waals surface area contributed by atoms with Gasteiger partial charge in [0.25, 0.3) is 0 Å². The highest BCUT2D eigenvalue weighted by Crippen LogP contribution is 2.51. The summed E-state index contributed by atoms with van der Waals surface area (Å²) < 4.78 is 1.11. The van der Waals surface area contributed by atoms with E-state index in [0.29, 0.717) is 21.9 Å². The van der Waals surface area contributed by atoms with Crippen LogP contribution in [-0.2, 0) is 0 Å². The van der Waals surface area contributed by atoms with Crippen LogP contribution in [0.3, 0.4) is 0 Å². The molecule has 112 valence electrons. The summed E-state index contributed by atoms with van der Waals surface area (Å²) in [6.07, 6.45) is 5.70. The van der Waals surface area contributed by atoms with Crippen LogP contribution in [0.25, 0.3) is 0 Å². The molecule has 0 amide bonds. The molecule has 0 radical (unpaired) electrons. The number of hydrogen-bond acceptors (Lipinski definition) is 1. The van der Waals surface area contributed by atoms with E-state index in [4.69, 9.17) is 23.2 Å². The van der Waals surface area contributed by atoms with E-state index in [0.717, 1.165) is 10.9 Å². The molecular formula is C18H14BrCl2N. The van der Waals surface area contributed by atoms with Gasteiger partial charge in [0, 0.05) is 10.4 Å². The zero-order valence-corrected chi connectivity index (χ0v) is 14.8. The minimum Gasteiger partial charge on any atom is -0.377 e. The van der Waals surface area contributed by atoms with Crippen molar-refractivity contribution >= 4 is 44.8 Å². The summed E-state index contributed by atoms with van der Waals surface area (Å²) in [5, 5.41) is 4.92.